The van der Waals surface area contributed by atoms with Crippen LogP contribution in [-0.4, -0.2) is 20.2 Å². The minimum absolute atomic E-state index is 0.219. The predicted octanol–water partition coefficient (Wildman–Crippen LogP) is 4.36. The van der Waals surface area contributed by atoms with Gasteiger partial charge in [-0.2, -0.15) is 0 Å². The monoisotopic (exact) mass is 303 g/mol. The molecule has 1 saturated heterocycles. The largest absolute Gasteiger partial charge is 0.496 e. The number of hydrogen-bond donors (Lipinski definition) is 0. The summed E-state index contributed by atoms with van der Waals surface area (Å²) >= 11 is 0. The van der Waals surface area contributed by atoms with Gasteiger partial charge in [-0.05, 0) is 61.2 Å². The lowest BCUT2D eigenvalue weighted by molar-refractivity contribution is 0.395. The van der Waals surface area contributed by atoms with E-state index in [1.54, 1.807) is 31.4 Å². The Kier molecular flexibility index (Phi) is 4.27. The van der Waals surface area contributed by atoms with Crippen molar-refractivity contribution in [2.75, 3.05) is 25.1 Å². The summed E-state index contributed by atoms with van der Waals surface area (Å²) < 4.78 is 31.9. The normalized spacial score (nSPS) is 15.9. The van der Waals surface area contributed by atoms with Gasteiger partial charge in [0.2, 0.25) is 0 Å². The lowest BCUT2D eigenvalue weighted by atomic mass is 9.88. The molecule has 0 N–H and O–H groups in total. The standard InChI is InChI=1S/C18H19F2NO/c1-22-18-7-4-15(20)12-17(18)13-8-10-21(11-9-13)16-5-2-14(19)3-6-16/h2-7,12-13H,8-11H2,1H3. The quantitative estimate of drug-likeness (QED) is 0.835. The first kappa shape index (κ1) is 14.8. The van der Waals surface area contributed by atoms with E-state index in [9.17, 15) is 8.78 Å². The molecule has 2 nitrogen and oxygen atoms in total. The van der Waals surface area contributed by atoms with Gasteiger partial charge in [-0.15, -0.1) is 0 Å². The molecule has 3 rings (SSSR count). The molecule has 0 amide bonds. The van der Waals surface area contributed by atoms with E-state index in [4.69, 9.17) is 4.74 Å². The Morgan fingerprint density at radius 1 is 0.955 bits per heavy atom. The number of hydrogen-bond acceptors (Lipinski definition) is 2. The zero-order chi connectivity index (χ0) is 15.5. The second-order valence-corrected chi connectivity index (χ2v) is 5.62. The third-order valence-corrected chi connectivity index (χ3v) is 4.32. The molecule has 2 aromatic carbocycles. The van der Waals surface area contributed by atoms with Crippen LogP contribution in [0.1, 0.15) is 24.3 Å². The van der Waals surface area contributed by atoms with Gasteiger partial charge in [0.25, 0.3) is 0 Å². The van der Waals surface area contributed by atoms with Crippen molar-refractivity contribution >= 4 is 5.69 Å². The Morgan fingerprint density at radius 3 is 2.23 bits per heavy atom. The molecule has 0 aliphatic carbocycles. The van der Waals surface area contributed by atoms with Crippen LogP contribution in [0.15, 0.2) is 42.5 Å². The van der Waals surface area contributed by atoms with Crippen LogP contribution in [0, 0.1) is 11.6 Å². The fourth-order valence-corrected chi connectivity index (χ4v) is 3.12. The molecule has 4 heteroatoms. The number of nitrogens with zero attached hydrogens (tertiary/aromatic N) is 1. The highest BCUT2D eigenvalue weighted by atomic mass is 19.1. The molecular formula is C18H19F2NO. The number of ether oxygens (including phenoxy) is 1. The minimum Gasteiger partial charge on any atom is -0.496 e. The molecule has 0 aromatic heterocycles. The van der Waals surface area contributed by atoms with Crippen LogP contribution in [0.2, 0.25) is 0 Å². The van der Waals surface area contributed by atoms with Gasteiger partial charge in [-0.25, -0.2) is 8.78 Å². The third-order valence-electron chi connectivity index (χ3n) is 4.32. The van der Waals surface area contributed by atoms with Gasteiger partial charge in [0.05, 0.1) is 7.11 Å². The van der Waals surface area contributed by atoms with Crippen LogP contribution < -0.4 is 9.64 Å². The van der Waals surface area contributed by atoms with Crippen LogP contribution in [0.4, 0.5) is 14.5 Å². The van der Waals surface area contributed by atoms with Gasteiger partial charge in [0.15, 0.2) is 0 Å². The molecule has 1 fully saturated rings. The molecule has 22 heavy (non-hydrogen) atoms. The summed E-state index contributed by atoms with van der Waals surface area (Å²) in [4.78, 5) is 2.24. The van der Waals surface area contributed by atoms with E-state index in [-0.39, 0.29) is 11.6 Å². The Morgan fingerprint density at radius 2 is 1.59 bits per heavy atom. The molecule has 2 aromatic rings. The van der Waals surface area contributed by atoms with Crippen molar-refractivity contribution in [3.05, 3.63) is 59.7 Å². The molecule has 1 heterocycles. The van der Waals surface area contributed by atoms with E-state index in [1.807, 2.05) is 0 Å². The lowest BCUT2D eigenvalue weighted by Gasteiger charge is -2.34. The molecule has 0 saturated carbocycles. The van der Waals surface area contributed by atoms with Crippen LogP contribution in [0.3, 0.4) is 0 Å². The van der Waals surface area contributed by atoms with Crippen LogP contribution in [0.25, 0.3) is 0 Å². The van der Waals surface area contributed by atoms with Crippen molar-refractivity contribution in [1.82, 2.24) is 0 Å². The van der Waals surface area contributed by atoms with Crippen molar-refractivity contribution < 1.29 is 13.5 Å². The summed E-state index contributed by atoms with van der Waals surface area (Å²) in [5.74, 6) is 0.601. The zero-order valence-electron chi connectivity index (χ0n) is 12.6. The maximum Gasteiger partial charge on any atom is 0.123 e. The van der Waals surface area contributed by atoms with Crippen LogP contribution in [0.5, 0.6) is 5.75 Å². The summed E-state index contributed by atoms with van der Waals surface area (Å²) in [5, 5.41) is 0. The smallest absolute Gasteiger partial charge is 0.123 e. The third kappa shape index (κ3) is 3.06. The Labute approximate surface area is 129 Å². The fraction of sp³-hybridized carbons (Fsp3) is 0.333. The molecular weight excluding hydrogens is 284 g/mol. The number of benzene rings is 2. The topological polar surface area (TPSA) is 12.5 Å². The predicted molar refractivity (Wildman–Crippen MR) is 83.5 cm³/mol. The number of piperidine rings is 1. The average Bonchev–Trinajstić information content (AvgIpc) is 2.56. The highest BCUT2D eigenvalue weighted by molar-refractivity contribution is 5.47. The summed E-state index contributed by atoms with van der Waals surface area (Å²) in [7, 11) is 1.62. The number of rotatable bonds is 3. The van der Waals surface area contributed by atoms with E-state index >= 15 is 0 Å². The first-order valence-electron chi connectivity index (χ1n) is 7.51. The van der Waals surface area contributed by atoms with Crippen molar-refractivity contribution in [2.45, 2.75) is 18.8 Å². The van der Waals surface area contributed by atoms with Crippen LogP contribution in [-0.2, 0) is 0 Å². The van der Waals surface area contributed by atoms with Gasteiger partial charge in [0.1, 0.15) is 17.4 Å². The molecule has 1 aliphatic rings. The Bertz CT molecular complexity index is 634. The number of anilines is 1. The van der Waals surface area contributed by atoms with Crippen LogP contribution >= 0.6 is 0 Å². The van der Waals surface area contributed by atoms with E-state index < -0.39 is 0 Å². The van der Waals surface area contributed by atoms with Crippen molar-refractivity contribution in [2.24, 2.45) is 0 Å². The Hall–Kier alpha value is -2.10. The molecule has 1 aliphatic heterocycles. The second-order valence-electron chi connectivity index (χ2n) is 5.62. The van der Waals surface area contributed by atoms with Gasteiger partial charge >= 0.3 is 0 Å². The van der Waals surface area contributed by atoms with E-state index in [0.29, 0.717) is 5.92 Å². The Balaban J connectivity index is 1.71. The summed E-state index contributed by atoms with van der Waals surface area (Å²) in [6, 6.07) is 11.3. The fourth-order valence-electron chi connectivity index (χ4n) is 3.12. The highest BCUT2D eigenvalue weighted by Gasteiger charge is 2.23. The maximum atomic E-state index is 13.5. The van der Waals surface area contributed by atoms with Gasteiger partial charge in [-0.3, -0.25) is 0 Å². The second kappa shape index (κ2) is 6.34. The number of halogens is 2. The molecule has 0 radical (unpaired) electrons. The average molecular weight is 303 g/mol. The van der Waals surface area contributed by atoms with E-state index in [0.717, 1.165) is 42.9 Å². The lowest BCUT2D eigenvalue weighted by Crippen LogP contribution is -2.32. The SMILES string of the molecule is COc1ccc(F)cc1C1CCN(c2ccc(F)cc2)CC1. The summed E-state index contributed by atoms with van der Waals surface area (Å²) in [6.45, 7) is 1.74. The first-order valence-corrected chi connectivity index (χ1v) is 7.51. The molecule has 0 unspecified atom stereocenters. The molecule has 0 atom stereocenters. The van der Waals surface area contributed by atoms with Crippen molar-refractivity contribution in [1.29, 1.82) is 0 Å². The van der Waals surface area contributed by atoms with E-state index in [1.165, 1.54) is 18.2 Å². The highest BCUT2D eigenvalue weighted by Crippen LogP contribution is 2.35. The van der Waals surface area contributed by atoms with E-state index in [2.05, 4.69) is 4.90 Å². The van der Waals surface area contributed by atoms with Gasteiger partial charge < -0.3 is 9.64 Å². The maximum absolute atomic E-state index is 13.5. The minimum atomic E-state index is -0.225. The van der Waals surface area contributed by atoms with Gasteiger partial charge in [-0.1, -0.05) is 0 Å². The first-order chi connectivity index (χ1) is 10.7. The van der Waals surface area contributed by atoms with Crippen molar-refractivity contribution in [3.8, 4) is 5.75 Å². The molecule has 0 bridgehead atoms. The molecule has 116 valence electrons. The zero-order valence-corrected chi connectivity index (χ0v) is 12.6. The summed E-state index contributed by atoms with van der Waals surface area (Å²) in [5.41, 5.74) is 1.98. The molecule has 0 spiro atoms. The van der Waals surface area contributed by atoms with Gasteiger partial charge in [0, 0.05) is 24.3 Å². The summed E-state index contributed by atoms with van der Waals surface area (Å²) in [6.07, 6.45) is 1.86. The van der Waals surface area contributed by atoms with Crippen molar-refractivity contribution in [3.63, 3.8) is 0 Å². The number of methoxy groups -OCH3 is 1.